The second-order valence-electron chi connectivity index (χ2n) is 8.70. The lowest BCUT2D eigenvalue weighted by atomic mass is 9.86. The summed E-state index contributed by atoms with van der Waals surface area (Å²) in [5.74, 6) is 0.476. The summed E-state index contributed by atoms with van der Waals surface area (Å²) in [6.45, 7) is 0.741. The van der Waals surface area contributed by atoms with Crippen molar-refractivity contribution in [3.63, 3.8) is 0 Å². The fraction of sp³-hybridized carbons (Fsp3) is 0.462. The number of hydrogen-bond acceptors (Lipinski definition) is 9. The first kappa shape index (κ1) is 26.4. The Morgan fingerprint density at radius 2 is 1.78 bits per heavy atom. The van der Waals surface area contributed by atoms with Crippen LogP contribution >= 0.6 is 0 Å². The molecule has 1 fully saturated rings. The van der Waals surface area contributed by atoms with Crippen LogP contribution in [0.15, 0.2) is 36.5 Å². The topological polar surface area (TPSA) is 123 Å². The van der Waals surface area contributed by atoms with Gasteiger partial charge in [0.2, 0.25) is 0 Å². The Balaban J connectivity index is 1.37. The van der Waals surface area contributed by atoms with Crippen LogP contribution < -0.4 is 14.8 Å². The van der Waals surface area contributed by atoms with Gasteiger partial charge in [-0.15, -0.1) is 0 Å². The van der Waals surface area contributed by atoms with E-state index in [4.69, 9.17) is 23.7 Å². The first-order valence-electron chi connectivity index (χ1n) is 12.2. The van der Waals surface area contributed by atoms with Crippen molar-refractivity contribution in [3.8, 4) is 22.8 Å². The molecule has 1 aromatic carbocycles. The van der Waals surface area contributed by atoms with E-state index in [1.807, 2.05) is 24.3 Å². The van der Waals surface area contributed by atoms with Crippen molar-refractivity contribution in [3.05, 3.63) is 42.2 Å². The molecule has 3 aromatic rings. The summed E-state index contributed by atoms with van der Waals surface area (Å²) in [7, 11) is 4.74. The maximum atomic E-state index is 13.0. The molecule has 0 unspecified atom stereocenters. The number of amides is 1. The summed E-state index contributed by atoms with van der Waals surface area (Å²) in [6.07, 6.45) is 4.31. The molecule has 0 aliphatic heterocycles. The second kappa shape index (κ2) is 12.5. The number of nitrogens with zero attached hydrogens (tertiary/aromatic N) is 3. The molecule has 2 heterocycles. The van der Waals surface area contributed by atoms with Crippen molar-refractivity contribution in [1.29, 1.82) is 0 Å². The molecule has 11 heteroatoms. The lowest BCUT2D eigenvalue weighted by Gasteiger charge is -2.27. The van der Waals surface area contributed by atoms with Gasteiger partial charge in [-0.2, -0.15) is 5.10 Å². The number of ether oxygens (including phenoxy) is 5. The van der Waals surface area contributed by atoms with E-state index in [0.717, 1.165) is 11.3 Å². The second-order valence-corrected chi connectivity index (χ2v) is 8.70. The third-order valence-corrected chi connectivity index (χ3v) is 6.38. The molecule has 1 aliphatic rings. The fourth-order valence-electron chi connectivity index (χ4n) is 4.37. The van der Waals surface area contributed by atoms with Gasteiger partial charge in [0.1, 0.15) is 0 Å². The molecule has 1 N–H and O–H groups in total. The van der Waals surface area contributed by atoms with E-state index in [1.54, 1.807) is 38.1 Å². The Hall–Kier alpha value is -3.70. The van der Waals surface area contributed by atoms with Crippen LogP contribution in [0.1, 0.15) is 36.2 Å². The molecule has 0 radical (unpaired) electrons. The van der Waals surface area contributed by atoms with Gasteiger partial charge in [0.15, 0.2) is 29.6 Å². The molecular weight excluding hydrogens is 480 g/mol. The predicted molar refractivity (Wildman–Crippen MR) is 134 cm³/mol. The normalized spacial score (nSPS) is 17.4. The number of nitrogens with one attached hydrogen (secondary N) is 1. The average Bonchev–Trinajstić information content (AvgIpc) is 3.38. The molecule has 0 saturated heterocycles. The molecule has 0 bridgehead atoms. The van der Waals surface area contributed by atoms with E-state index in [9.17, 15) is 9.59 Å². The third-order valence-electron chi connectivity index (χ3n) is 6.38. The highest BCUT2D eigenvalue weighted by molar-refractivity contribution is 5.93. The Labute approximate surface area is 215 Å². The predicted octanol–water partition coefficient (Wildman–Crippen LogP) is 2.87. The first-order valence-corrected chi connectivity index (χ1v) is 12.2. The van der Waals surface area contributed by atoms with E-state index in [-0.39, 0.29) is 36.3 Å². The van der Waals surface area contributed by atoms with E-state index in [1.165, 1.54) is 0 Å². The zero-order valence-electron chi connectivity index (χ0n) is 21.3. The molecule has 1 saturated carbocycles. The molecular formula is C26H32N4O7. The van der Waals surface area contributed by atoms with Crippen molar-refractivity contribution in [2.24, 2.45) is 5.92 Å². The van der Waals surface area contributed by atoms with Gasteiger partial charge >= 0.3 is 5.97 Å². The van der Waals surface area contributed by atoms with Crippen molar-refractivity contribution >= 4 is 17.5 Å². The van der Waals surface area contributed by atoms with E-state index in [0.29, 0.717) is 56.0 Å². The summed E-state index contributed by atoms with van der Waals surface area (Å²) >= 11 is 0. The summed E-state index contributed by atoms with van der Waals surface area (Å²) in [4.78, 5) is 29.6. The van der Waals surface area contributed by atoms with Gasteiger partial charge in [0, 0.05) is 31.0 Å². The number of carbonyl (C=O) groups excluding carboxylic acids is 2. The van der Waals surface area contributed by atoms with Gasteiger partial charge in [0.25, 0.3) is 5.91 Å². The number of fused-ring (bicyclic) bond motifs is 1. The van der Waals surface area contributed by atoms with Gasteiger partial charge in [-0.25, -0.2) is 9.50 Å². The number of esters is 1. The van der Waals surface area contributed by atoms with Gasteiger partial charge in [0.05, 0.1) is 39.0 Å². The largest absolute Gasteiger partial charge is 0.493 e. The standard InChI is InChI=1S/C26H32N4O7/c1-33-12-13-36-16-37-26(32)17-4-7-19(8-5-17)28-25(31)20-15-24-27-11-10-21(30(24)29-20)18-6-9-22(34-2)23(14-18)35-3/h6,9-11,14-15,17,19H,4-5,7-8,12-13,16H2,1-3H3,(H,28,31)/t17-,19-. The van der Waals surface area contributed by atoms with Crippen LogP contribution in [0, 0.1) is 5.92 Å². The van der Waals surface area contributed by atoms with Crippen molar-refractivity contribution in [1.82, 2.24) is 19.9 Å². The molecule has 11 nitrogen and oxygen atoms in total. The molecule has 4 rings (SSSR count). The van der Waals surface area contributed by atoms with Crippen molar-refractivity contribution in [2.45, 2.75) is 31.7 Å². The van der Waals surface area contributed by atoms with E-state index < -0.39 is 0 Å². The summed E-state index contributed by atoms with van der Waals surface area (Å²) in [5.41, 5.74) is 2.43. The highest BCUT2D eigenvalue weighted by Crippen LogP contribution is 2.32. The average molecular weight is 513 g/mol. The zero-order valence-corrected chi connectivity index (χ0v) is 21.3. The monoisotopic (exact) mass is 512 g/mol. The quantitative estimate of drug-likeness (QED) is 0.235. The first-order chi connectivity index (χ1) is 18.0. The Morgan fingerprint density at radius 1 is 1.00 bits per heavy atom. The Bertz CT molecular complexity index is 1220. The maximum Gasteiger partial charge on any atom is 0.311 e. The van der Waals surface area contributed by atoms with Crippen LogP contribution in [0.4, 0.5) is 0 Å². The number of carbonyl (C=O) groups is 2. The van der Waals surface area contributed by atoms with Crippen LogP contribution in [0.5, 0.6) is 11.5 Å². The smallest absolute Gasteiger partial charge is 0.311 e. The molecule has 1 aliphatic carbocycles. The summed E-state index contributed by atoms with van der Waals surface area (Å²) in [6, 6.07) is 9.00. The van der Waals surface area contributed by atoms with Crippen LogP contribution in [-0.2, 0) is 19.0 Å². The van der Waals surface area contributed by atoms with E-state index in [2.05, 4.69) is 15.4 Å². The van der Waals surface area contributed by atoms with Crippen LogP contribution in [0.25, 0.3) is 16.9 Å². The van der Waals surface area contributed by atoms with Crippen LogP contribution in [0.3, 0.4) is 0 Å². The SMILES string of the molecule is COCCOCOC(=O)[C@H]1CC[C@H](NC(=O)c2cc3nccc(-c4ccc(OC)c(OC)c4)n3n2)CC1. The van der Waals surface area contributed by atoms with Gasteiger partial charge in [-0.3, -0.25) is 9.59 Å². The number of rotatable bonds is 11. The number of methoxy groups -OCH3 is 3. The lowest BCUT2D eigenvalue weighted by Crippen LogP contribution is -2.39. The molecule has 37 heavy (non-hydrogen) atoms. The lowest BCUT2D eigenvalue weighted by molar-refractivity contribution is -0.163. The molecule has 198 valence electrons. The minimum absolute atomic E-state index is 0.0439. The minimum atomic E-state index is -0.277. The number of aromatic nitrogens is 3. The highest BCUT2D eigenvalue weighted by Gasteiger charge is 2.29. The number of hydrogen-bond donors (Lipinski definition) is 1. The minimum Gasteiger partial charge on any atom is -0.493 e. The Morgan fingerprint density at radius 3 is 2.51 bits per heavy atom. The zero-order chi connectivity index (χ0) is 26.2. The van der Waals surface area contributed by atoms with Crippen LogP contribution in [-0.4, -0.2) is 73.9 Å². The van der Waals surface area contributed by atoms with Gasteiger partial charge in [-0.05, 0) is 49.9 Å². The van der Waals surface area contributed by atoms with Crippen LogP contribution in [0.2, 0.25) is 0 Å². The molecule has 0 spiro atoms. The number of benzene rings is 1. The Kier molecular flexibility index (Phi) is 8.91. The van der Waals surface area contributed by atoms with Gasteiger partial charge in [-0.1, -0.05) is 0 Å². The molecule has 2 aromatic heterocycles. The van der Waals surface area contributed by atoms with Gasteiger partial charge < -0.3 is 29.0 Å². The molecule has 1 amide bonds. The van der Waals surface area contributed by atoms with Crippen molar-refractivity contribution in [2.75, 3.05) is 41.3 Å². The summed E-state index contributed by atoms with van der Waals surface area (Å²) in [5, 5.41) is 7.57. The highest BCUT2D eigenvalue weighted by atomic mass is 16.7. The third kappa shape index (κ3) is 6.36. The van der Waals surface area contributed by atoms with E-state index >= 15 is 0 Å². The molecule has 0 atom stereocenters. The summed E-state index contributed by atoms with van der Waals surface area (Å²) < 4.78 is 27.6. The fourth-order valence-corrected chi connectivity index (χ4v) is 4.37. The maximum absolute atomic E-state index is 13.0. The van der Waals surface area contributed by atoms with Crippen molar-refractivity contribution < 1.29 is 33.3 Å².